The van der Waals surface area contributed by atoms with Crippen LogP contribution in [0.1, 0.15) is 25.7 Å². The highest BCUT2D eigenvalue weighted by atomic mass is 35.5. The minimum absolute atomic E-state index is 0. The van der Waals surface area contributed by atoms with Crippen LogP contribution in [0.15, 0.2) is 60.7 Å². The number of rotatable bonds is 11. The molecule has 0 spiro atoms. The summed E-state index contributed by atoms with van der Waals surface area (Å²) in [7, 11) is 0. The molecule has 1 N–H and O–H groups in total. The van der Waals surface area contributed by atoms with Crippen molar-refractivity contribution in [2.24, 2.45) is 5.92 Å². The first kappa shape index (κ1) is 24.2. The topological polar surface area (TPSA) is 53.0 Å². The number of carboxylic acid groups (broad SMARTS) is 1. The number of likely N-dealkylation sites (tertiary alicyclic amines) is 1. The lowest BCUT2D eigenvalue weighted by Crippen LogP contribution is -2.39. The summed E-state index contributed by atoms with van der Waals surface area (Å²) >= 11 is 0. The van der Waals surface area contributed by atoms with Gasteiger partial charge in [-0.2, -0.15) is 0 Å². The number of para-hydroxylation sites is 2. The van der Waals surface area contributed by atoms with E-state index in [1.165, 1.54) is 11.4 Å². The lowest BCUT2D eigenvalue weighted by Gasteiger charge is -2.30. The Bertz CT molecular complexity index is 690. The third kappa shape index (κ3) is 7.63. The molecular formula is C24H33ClN2O3. The predicted octanol–water partition coefficient (Wildman–Crippen LogP) is 4.84. The van der Waals surface area contributed by atoms with E-state index in [-0.39, 0.29) is 18.3 Å². The summed E-state index contributed by atoms with van der Waals surface area (Å²) in [6.07, 6.45) is 3.86. The molecule has 1 heterocycles. The van der Waals surface area contributed by atoms with E-state index in [2.05, 4.69) is 58.3 Å². The van der Waals surface area contributed by atoms with Crippen LogP contribution in [0, 0.1) is 5.92 Å². The van der Waals surface area contributed by atoms with Crippen molar-refractivity contribution in [3.05, 3.63) is 60.7 Å². The maximum atomic E-state index is 11.2. The molecule has 3 rings (SSSR count). The standard InChI is InChI=1S/C24H32N2O3.ClH/c27-24(28)21-10-9-16-25(20-21)15-7-8-18-29-19-17-26(22-11-3-1-4-12-22)23-13-5-2-6-14-23;/h1-6,11-14,21H,7-10,15-20H2,(H,27,28);1H/t21-;/m1./s1. The molecular weight excluding hydrogens is 400 g/mol. The lowest BCUT2D eigenvalue weighted by atomic mass is 9.98. The maximum Gasteiger partial charge on any atom is 0.307 e. The number of ether oxygens (including phenoxy) is 1. The van der Waals surface area contributed by atoms with Crippen LogP contribution in [0.2, 0.25) is 0 Å². The van der Waals surface area contributed by atoms with Crippen LogP contribution >= 0.6 is 12.4 Å². The SMILES string of the molecule is Cl.O=C(O)[C@@H]1CCCN(CCCCOCCN(c2ccccc2)c2ccccc2)C1. The Morgan fingerprint density at radius 3 is 2.23 bits per heavy atom. The zero-order chi connectivity index (χ0) is 20.3. The third-order valence-corrected chi connectivity index (χ3v) is 5.46. The van der Waals surface area contributed by atoms with Crippen LogP contribution in [-0.2, 0) is 9.53 Å². The van der Waals surface area contributed by atoms with E-state index in [0.29, 0.717) is 13.2 Å². The van der Waals surface area contributed by atoms with Gasteiger partial charge < -0.3 is 19.6 Å². The highest BCUT2D eigenvalue weighted by molar-refractivity contribution is 5.85. The number of halogens is 1. The van der Waals surface area contributed by atoms with Crippen molar-refractivity contribution in [2.75, 3.05) is 44.3 Å². The summed E-state index contributed by atoms with van der Waals surface area (Å²) in [6.45, 7) is 4.91. The fourth-order valence-electron chi connectivity index (χ4n) is 3.88. The quantitative estimate of drug-likeness (QED) is 0.515. The average molecular weight is 433 g/mol. The van der Waals surface area contributed by atoms with Gasteiger partial charge in [0.15, 0.2) is 0 Å². The molecule has 2 aromatic rings. The van der Waals surface area contributed by atoms with Gasteiger partial charge >= 0.3 is 5.97 Å². The molecule has 1 aliphatic rings. The maximum absolute atomic E-state index is 11.2. The molecule has 1 fully saturated rings. The van der Waals surface area contributed by atoms with E-state index in [1.54, 1.807) is 0 Å². The Balaban J connectivity index is 0.00000320. The summed E-state index contributed by atoms with van der Waals surface area (Å²) in [4.78, 5) is 15.7. The molecule has 0 amide bonds. The number of hydrogen-bond acceptors (Lipinski definition) is 4. The second-order valence-electron chi connectivity index (χ2n) is 7.62. The van der Waals surface area contributed by atoms with Crippen LogP contribution in [0.5, 0.6) is 0 Å². The van der Waals surface area contributed by atoms with Crippen LogP contribution < -0.4 is 4.90 Å². The highest BCUT2D eigenvalue weighted by Crippen LogP contribution is 2.24. The predicted molar refractivity (Wildman–Crippen MR) is 124 cm³/mol. The van der Waals surface area contributed by atoms with Crippen molar-refractivity contribution in [3.8, 4) is 0 Å². The van der Waals surface area contributed by atoms with Gasteiger partial charge in [-0.3, -0.25) is 4.79 Å². The van der Waals surface area contributed by atoms with E-state index >= 15 is 0 Å². The number of piperidine rings is 1. The summed E-state index contributed by atoms with van der Waals surface area (Å²) in [6, 6.07) is 20.8. The van der Waals surface area contributed by atoms with E-state index < -0.39 is 5.97 Å². The third-order valence-electron chi connectivity index (χ3n) is 5.46. The Morgan fingerprint density at radius 1 is 1.00 bits per heavy atom. The van der Waals surface area contributed by atoms with Gasteiger partial charge in [-0.1, -0.05) is 36.4 Å². The van der Waals surface area contributed by atoms with Crippen LogP contribution in [0.25, 0.3) is 0 Å². The van der Waals surface area contributed by atoms with Crippen LogP contribution in [0.4, 0.5) is 11.4 Å². The van der Waals surface area contributed by atoms with Gasteiger partial charge in [0.2, 0.25) is 0 Å². The molecule has 1 saturated heterocycles. The van der Waals surface area contributed by atoms with Gasteiger partial charge in [0.05, 0.1) is 12.5 Å². The first-order chi connectivity index (χ1) is 14.2. The fourth-order valence-corrected chi connectivity index (χ4v) is 3.88. The minimum Gasteiger partial charge on any atom is -0.481 e. The molecule has 0 aromatic heterocycles. The second kappa shape index (κ2) is 13.3. The Hall–Kier alpha value is -2.08. The Kier molecular flexibility index (Phi) is 10.7. The first-order valence-corrected chi connectivity index (χ1v) is 10.6. The molecule has 1 aliphatic heterocycles. The zero-order valence-corrected chi connectivity index (χ0v) is 18.3. The lowest BCUT2D eigenvalue weighted by molar-refractivity contribution is -0.143. The molecule has 0 radical (unpaired) electrons. The fraction of sp³-hybridized carbons (Fsp3) is 0.458. The van der Waals surface area contributed by atoms with Crippen molar-refractivity contribution in [3.63, 3.8) is 0 Å². The molecule has 0 aliphatic carbocycles. The average Bonchev–Trinajstić information content (AvgIpc) is 2.77. The summed E-state index contributed by atoms with van der Waals surface area (Å²) in [5, 5.41) is 9.18. The van der Waals surface area contributed by atoms with Crippen LogP contribution in [-0.4, -0.2) is 55.4 Å². The van der Waals surface area contributed by atoms with E-state index in [4.69, 9.17) is 4.74 Å². The molecule has 2 aromatic carbocycles. The van der Waals surface area contributed by atoms with Crippen molar-refractivity contribution in [2.45, 2.75) is 25.7 Å². The number of benzene rings is 2. The summed E-state index contributed by atoms with van der Waals surface area (Å²) in [5.41, 5.74) is 2.33. The van der Waals surface area contributed by atoms with Gasteiger partial charge in [-0.15, -0.1) is 12.4 Å². The Morgan fingerprint density at radius 2 is 1.63 bits per heavy atom. The number of aliphatic carboxylic acids is 1. The number of carboxylic acids is 1. The van der Waals surface area contributed by atoms with Crippen molar-refractivity contribution in [1.82, 2.24) is 4.90 Å². The van der Waals surface area contributed by atoms with Gasteiger partial charge in [0.1, 0.15) is 0 Å². The number of carbonyl (C=O) groups is 1. The van der Waals surface area contributed by atoms with Gasteiger partial charge in [0, 0.05) is 31.1 Å². The molecule has 0 bridgehead atoms. The normalized spacial score (nSPS) is 16.6. The van der Waals surface area contributed by atoms with Gasteiger partial charge in [-0.25, -0.2) is 0 Å². The van der Waals surface area contributed by atoms with E-state index in [9.17, 15) is 9.90 Å². The highest BCUT2D eigenvalue weighted by Gasteiger charge is 2.24. The number of anilines is 2. The molecule has 5 nitrogen and oxygen atoms in total. The molecule has 0 saturated carbocycles. The first-order valence-electron chi connectivity index (χ1n) is 10.6. The molecule has 1 atom stereocenters. The van der Waals surface area contributed by atoms with Crippen molar-refractivity contribution in [1.29, 1.82) is 0 Å². The summed E-state index contributed by atoms with van der Waals surface area (Å²) < 4.78 is 5.90. The minimum atomic E-state index is -0.653. The van der Waals surface area contributed by atoms with E-state index in [1.807, 2.05) is 12.1 Å². The van der Waals surface area contributed by atoms with Crippen LogP contribution in [0.3, 0.4) is 0 Å². The monoisotopic (exact) mass is 432 g/mol. The molecule has 164 valence electrons. The van der Waals surface area contributed by atoms with Gasteiger partial charge in [0.25, 0.3) is 0 Å². The second-order valence-corrected chi connectivity index (χ2v) is 7.62. The Labute approximate surface area is 186 Å². The smallest absolute Gasteiger partial charge is 0.307 e. The number of nitrogens with zero attached hydrogens (tertiary/aromatic N) is 2. The molecule has 0 unspecified atom stereocenters. The van der Waals surface area contributed by atoms with E-state index in [0.717, 1.165) is 51.9 Å². The van der Waals surface area contributed by atoms with Crippen molar-refractivity contribution < 1.29 is 14.6 Å². The molecule has 6 heteroatoms. The number of unbranched alkanes of at least 4 members (excludes halogenated alkanes) is 1. The number of hydrogen-bond donors (Lipinski definition) is 1. The van der Waals surface area contributed by atoms with Gasteiger partial charge in [-0.05, 0) is 63.0 Å². The largest absolute Gasteiger partial charge is 0.481 e. The van der Waals surface area contributed by atoms with Crippen molar-refractivity contribution >= 4 is 29.8 Å². The zero-order valence-electron chi connectivity index (χ0n) is 17.5. The summed E-state index contributed by atoms with van der Waals surface area (Å²) in [5.74, 6) is -0.846. The molecule has 30 heavy (non-hydrogen) atoms.